The highest BCUT2D eigenvalue weighted by atomic mass is 79.9. The third-order valence-corrected chi connectivity index (χ3v) is 2.63. The van der Waals surface area contributed by atoms with Gasteiger partial charge in [-0.25, -0.2) is 4.98 Å². The van der Waals surface area contributed by atoms with E-state index in [0.29, 0.717) is 6.10 Å². The third-order valence-electron chi connectivity index (χ3n) is 1.60. The van der Waals surface area contributed by atoms with Gasteiger partial charge in [0, 0.05) is 12.3 Å². The Labute approximate surface area is 87.6 Å². The van der Waals surface area contributed by atoms with E-state index in [0.717, 1.165) is 14.8 Å². The van der Waals surface area contributed by atoms with Gasteiger partial charge in [0.25, 0.3) is 0 Å². The normalized spacial score (nSPS) is 16.2. The van der Waals surface area contributed by atoms with Gasteiger partial charge >= 0.3 is 0 Å². The van der Waals surface area contributed by atoms with E-state index in [1.807, 2.05) is 6.07 Å². The monoisotopic (exact) mass is 291 g/mol. The molecule has 1 aromatic heterocycles. The van der Waals surface area contributed by atoms with Gasteiger partial charge in [0.15, 0.2) is 0 Å². The van der Waals surface area contributed by atoms with Crippen LogP contribution in [0, 0.1) is 0 Å². The van der Waals surface area contributed by atoms with Crippen molar-refractivity contribution in [2.45, 2.75) is 18.9 Å². The summed E-state index contributed by atoms with van der Waals surface area (Å²) in [5.41, 5.74) is 0. The lowest BCUT2D eigenvalue weighted by molar-refractivity contribution is 0.300. The zero-order valence-corrected chi connectivity index (χ0v) is 9.43. The SMILES string of the molecule is Brc1cc(OC2CC2)c(Br)cn1. The molecule has 0 radical (unpaired) electrons. The summed E-state index contributed by atoms with van der Waals surface area (Å²) in [5.74, 6) is 0.874. The minimum absolute atomic E-state index is 0.426. The number of aromatic nitrogens is 1. The van der Waals surface area contributed by atoms with E-state index in [-0.39, 0.29) is 0 Å². The summed E-state index contributed by atoms with van der Waals surface area (Å²) in [5, 5.41) is 0. The van der Waals surface area contributed by atoms with Crippen molar-refractivity contribution in [1.29, 1.82) is 0 Å². The van der Waals surface area contributed by atoms with Gasteiger partial charge in [-0.05, 0) is 44.7 Å². The van der Waals surface area contributed by atoms with Gasteiger partial charge in [0.05, 0.1) is 10.6 Å². The molecule has 0 unspecified atom stereocenters. The van der Waals surface area contributed by atoms with Crippen molar-refractivity contribution >= 4 is 31.9 Å². The molecule has 64 valence electrons. The van der Waals surface area contributed by atoms with Crippen molar-refractivity contribution in [3.63, 3.8) is 0 Å². The van der Waals surface area contributed by atoms with E-state index in [1.54, 1.807) is 6.20 Å². The van der Waals surface area contributed by atoms with Crippen LogP contribution in [0.3, 0.4) is 0 Å². The summed E-state index contributed by atoms with van der Waals surface area (Å²) >= 11 is 6.67. The Morgan fingerprint density at radius 3 is 2.83 bits per heavy atom. The summed E-state index contributed by atoms with van der Waals surface area (Å²) in [4.78, 5) is 4.06. The quantitative estimate of drug-likeness (QED) is 0.781. The first-order chi connectivity index (χ1) is 5.75. The Morgan fingerprint density at radius 2 is 2.17 bits per heavy atom. The van der Waals surface area contributed by atoms with E-state index >= 15 is 0 Å². The molecule has 0 N–H and O–H groups in total. The summed E-state index contributed by atoms with van der Waals surface area (Å²) in [7, 11) is 0. The molecule has 1 fully saturated rings. The molecule has 0 aliphatic heterocycles. The zero-order valence-electron chi connectivity index (χ0n) is 6.26. The standard InChI is InChI=1S/C8H7Br2NO/c9-6-4-11-8(10)3-7(6)12-5-1-2-5/h3-5H,1-2H2. The van der Waals surface area contributed by atoms with Gasteiger partial charge in [0.1, 0.15) is 10.4 Å². The van der Waals surface area contributed by atoms with Crippen LogP contribution in [0.1, 0.15) is 12.8 Å². The molecule has 1 heterocycles. The van der Waals surface area contributed by atoms with Crippen molar-refractivity contribution in [1.82, 2.24) is 4.98 Å². The van der Waals surface area contributed by atoms with Gasteiger partial charge in [-0.1, -0.05) is 0 Å². The molecule has 4 heteroatoms. The average molecular weight is 293 g/mol. The second-order valence-electron chi connectivity index (χ2n) is 2.75. The lowest BCUT2D eigenvalue weighted by Crippen LogP contribution is -1.96. The number of ether oxygens (including phenoxy) is 1. The molecule has 1 aliphatic carbocycles. The van der Waals surface area contributed by atoms with Crippen molar-refractivity contribution in [3.05, 3.63) is 21.3 Å². The molecule has 2 nitrogen and oxygen atoms in total. The van der Waals surface area contributed by atoms with Crippen LogP contribution in [0.2, 0.25) is 0 Å². The minimum atomic E-state index is 0.426. The van der Waals surface area contributed by atoms with E-state index in [2.05, 4.69) is 36.8 Å². The molecule has 0 amide bonds. The largest absolute Gasteiger partial charge is 0.489 e. The van der Waals surface area contributed by atoms with Gasteiger partial charge in [-0.2, -0.15) is 0 Å². The highest BCUT2D eigenvalue weighted by Gasteiger charge is 2.24. The Balaban J connectivity index is 2.21. The van der Waals surface area contributed by atoms with Crippen molar-refractivity contribution in [2.24, 2.45) is 0 Å². The molecule has 0 aromatic carbocycles. The number of pyridine rings is 1. The molecule has 0 saturated heterocycles. The van der Waals surface area contributed by atoms with Crippen molar-refractivity contribution in [2.75, 3.05) is 0 Å². The summed E-state index contributed by atoms with van der Waals surface area (Å²) < 4.78 is 7.34. The van der Waals surface area contributed by atoms with Crippen LogP contribution in [0.4, 0.5) is 0 Å². The summed E-state index contributed by atoms with van der Waals surface area (Å²) in [6, 6.07) is 1.88. The fourth-order valence-corrected chi connectivity index (χ4v) is 1.47. The fourth-order valence-electron chi connectivity index (χ4n) is 0.852. The van der Waals surface area contributed by atoms with E-state index in [9.17, 15) is 0 Å². The first-order valence-electron chi connectivity index (χ1n) is 3.73. The number of rotatable bonds is 2. The summed E-state index contributed by atoms with van der Waals surface area (Å²) in [6.07, 6.45) is 4.51. The Kier molecular flexibility index (Phi) is 2.37. The number of hydrogen-bond donors (Lipinski definition) is 0. The van der Waals surface area contributed by atoms with Crippen LogP contribution in [0.15, 0.2) is 21.3 Å². The lowest BCUT2D eigenvalue weighted by Gasteiger charge is -2.05. The Hall–Kier alpha value is -0.0900. The van der Waals surface area contributed by atoms with Crippen LogP contribution in [0.5, 0.6) is 5.75 Å². The van der Waals surface area contributed by atoms with Gasteiger partial charge in [0.2, 0.25) is 0 Å². The highest BCUT2D eigenvalue weighted by molar-refractivity contribution is 9.11. The molecule has 12 heavy (non-hydrogen) atoms. The van der Waals surface area contributed by atoms with Crippen molar-refractivity contribution in [3.8, 4) is 5.75 Å². The van der Waals surface area contributed by atoms with Gasteiger partial charge in [-0.3, -0.25) is 0 Å². The predicted octanol–water partition coefficient (Wildman–Crippen LogP) is 3.15. The molecule has 1 saturated carbocycles. The smallest absolute Gasteiger partial charge is 0.138 e. The first kappa shape index (κ1) is 8.51. The van der Waals surface area contributed by atoms with Crippen LogP contribution in [-0.4, -0.2) is 11.1 Å². The molecule has 2 rings (SSSR count). The minimum Gasteiger partial charge on any atom is -0.489 e. The predicted molar refractivity (Wildman–Crippen MR) is 53.3 cm³/mol. The maximum Gasteiger partial charge on any atom is 0.138 e. The fraction of sp³-hybridized carbons (Fsp3) is 0.375. The molecular weight excluding hydrogens is 286 g/mol. The van der Waals surface area contributed by atoms with Crippen LogP contribution >= 0.6 is 31.9 Å². The van der Waals surface area contributed by atoms with Crippen LogP contribution in [-0.2, 0) is 0 Å². The third kappa shape index (κ3) is 1.98. The molecular formula is C8H7Br2NO. The Bertz CT molecular complexity index is 299. The average Bonchev–Trinajstić information content (AvgIpc) is 2.81. The van der Waals surface area contributed by atoms with Crippen molar-refractivity contribution < 1.29 is 4.74 Å². The molecule has 0 atom stereocenters. The summed E-state index contributed by atoms with van der Waals surface area (Å²) in [6.45, 7) is 0. The van der Waals surface area contributed by atoms with E-state index in [1.165, 1.54) is 12.8 Å². The maximum absolute atomic E-state index is 5.62. The topological polar surface area (TPSA) is 22.1 Å². The van der Waals surface area contributed by atoms with Gasteiger partial charge < -0.3 is 4.74 Å². The first-order valence-corrected chi connectivity index (χ1v) is 5.32. The number of nitrogens with zero attached hydrogens (tertiary/aromatic N) is 1. The lowest BCUT2D eigenvalue weighted by atomic mass is 10.4. The second kappa shape index (κ2) is 3.34. The zero-order chi connectivity index (χ0) is 8.55. The Morgan fingerprint density at radius 1 is 1.42 bits per heavy atom. The second-order valence-corrected chi connectivity index (χ2v) is 4.42. The highest BCUT2D eigenvalue weighted by Crippen LogP contribution is 2.32. The number of hydrogen-bond acceptors (Lipinski definition) is 2. The molecule has 1 aliphatic rings. The van der Waals surface area contributed by atoms with E-state index < -0.39 is 0 Å². The molecule has 1 aromatic rings. The van der Waals surface area contributed by atoms with Crippen LogP contribution < -0.4 is 4.74 Å². The maximum atomic E-state index is 5.62. The van der Waals surface area contributed by atoms with Crippen LogP contribution in [0.25, 0.3) is 0 Å². The number of halogens is 2. The molecule has 0 bridgehead atoms. The van der Waals surface area contributed by atoms with Gasteiger partial charge in [-0.15, -0.1) is 0 Å². The molecule has 0 spiro atoms. The van der Waals surface area contributed by atoms with E-state index in [4.69, 9.17) is 4.74 Å².